The lowest BCUT2D eigenvalue weighted by atomic mass is 10.1. The smallest absolute Gasteiger partial charge is 0.413 e. The van der Waals surface area contributed by atoms with Gasteiger partial charge in [-0.05, 0) is 31.5 Å². The van der Waals surface area contributed by atoms with E-state index < -0.39 is 6.09 Å². The van der Waals surface area contributed by atoms with Gasteiger partial charge in [0.1, 0.15) is 11.9 Å². The predicted molar refractivity (Wildman–Crippen MR) is 101 cm³/mol. The first-order valence-electron chi connectivity index (χ1n) is 8.23. The van der Waals surface area contributed by atoms with E-state index in [1.165, 1.54) is 0 Å². The van der Waals surface area contributed by atoms with E-state index in [-0.39, 0.29) is 6.10 Å². The van der Waals surface area contributed by atoms with Gasteiger partial charge < -0.3 is 10.5 Å². The van der Waals surface area contributed by atoms with Gasteiger partial charge in [-0.2, -0.15) is 5.10 Å². The molecule has 0 spiro atoms. The van der Waals surface area contributed by atoms with Gasteiger partial charge in [-0.15, -0.1) is 0 Å². The summed E-state index contributed by atoms with van der Waals surface area (Å²) in [5, 5.41) is 6.97. The fraction of sp³-hybridized carbons (Fsp3) is 0.211. The number of carbonyl (C=O) groups is 1. The lowest BCUT2D eigenvalue weighted by molar-refractivity contribution is 0.121. The highest BCUT2D eigenvalue weighted by Crippen LogP contribution is 2.28. The van der Waals surface area contributed by atoms with E-state index in [9.17, 15) is 4.79 Å². The minimum Gasteiger partial charge on any atom is -0.441 e. The molecule has 0 unspecified atom stereocenters. The Morgan fingerprint density at radius 1 is 1.23 bits per heavy atom. The van der Waals surface area contributed by atoms with E-state index in [4.69, 9.17) is 10.5 Å². The zero-order valence-electron chi connectivity index (χ0n) is 14.9. The number of nitrogens with zero attached hydrogens (tertiary/aromatic N) is 3. The molecule has 134 valence electrons. The van der Waals surface area contributed by atoms with Crippen molar-refractivity contribution in [1.82, 2.24) is 14.8 Å². The van der Waals surface area contributed by atoms with Gasteiger partial charge in [-0.3, -0.25) is 15.0 Å². The average molecular weight is 351 g/mol. The third-order valence-corrected chi connectivity index (χ3v) is 4.11. The standard InChI is InChI=1S/C19H21N5O2/c1-12-16(20)9-10-17(22-12)15-11-21-24(3)18(15)23-19(25)26-13(2)14-7-5-4-6-8-14/h4-11,13H,20H2,1-3H3,(H,23,25)/t13-/m1/s1. The van der Waals surface area contributed by atoms with Crippen molar-refractivity contribution in [3.63, 3.8) is 0 Å². The Labute approximate surface area is 151 Å². The van der Waals surface area contributed by atoms with Gasteiger partial charge in [-0.25, -0.2) is 4.79 Å². The second-order valence-electron chi connectivity index (χ2n) is 5.98. The van der Waals surface area contributed by atoms with E-state index in [1.54, 1.807) is 30.1 Å². The molecule has 0 aliphatic carbocycles. The van der Waals surface area contributed by atoms with E-state index in [2.05, 4.69) is 15.4 Å². The van der Waals surface area contributed by atoms with Crippen LogP contribution in [0.5, 0.6) is 0 Å². The van der Waals surface area contributed by atoms with Crippen molar-refractivity contribution in [3.8, 4) is 11.3 Å². The van der Waals surface area contributed by atoms with Crippen LogP contribution in [-0.4, -0.2) is 20.9 Å². The summed E-state index contributed by atoms with van der Waals surface area (Å²) in [6, 6.07) is 13.1. The van der Waals surface area contributed by atoms with Crippen LogP contribution in [0.4, 0.5) is 16.3 Å². The van der Waals surface area contributed by atoms with Crippen molar-refractivity contribution in [2.24, 2.45) is 7.05 Å². The summed E-state index contributed by atoms with van der Waals surface area (Å²) in [5.74, 6) is 0.506. The van der Waals surface area contributed by atoms with Crippen molar-refractivity contribution in [3.05, 3.63) is 59.9 Å². The van der Waals surface area contributed by atoms with Crippen LogP contribution in [-0.2, 0) is 11.8 Å². The zero-order valence-corrected chi connectivity index (χ0v) is 14.9. The Kier molecular flexibility index (Phi) is 4.88. The maximum atomic E-state index is 12.3. The van der Waals surface area contributed by atoms with Crippen LogP contribution in [0.3, 0.4) is 0 Å². The van der Waals surface area contributed by atoms with E-state index in [0.29, 0.717) is 22.8 Å². The minimum absolute atomic E-state index is 0.371. The molecule has 0 bridgehead atoms. The normalized spacial score (nSPS) is 11.8. The Balaban J connectivity index is 1.78. The maximum absolute atomic E-state index is 12.3. The molecule has 7 heteroatoms. The van der Waals surface area contributed by atoms with Gasteiger partial charge in [0.2, 0.25) is 0 Å². The monoisotopic (exact) mass is 351 g/mol. The highest BCUT2D eigenvalue weighted by Gasteiger charge is 2.18. The molecular formula is C19H21N5O2. The van der Waals surface area contributed by atoms with E-state index in [0.717, 1.165) is 11.3 Å². The summed E-state index contributed by atoms with van der Waals surface area (Å²) in [5.41, 5.74) is 9.45. The summed E-state index contributed by atoms with van der Waals surface area (Å²) < 4.78 is 7.03. The quantitative estimate of drug-likeness (QED) is 0.747. The number of hydrogen-bond donors (Lipinski definition) is 2. The number of benzene rings is 1. The van der Waals surface area contributed by atoms with Crippen LogP contribution < -0.4 is 11.1 Å². The van der Waals surface area contributed by atoms with Crippen molar-refractivity contribution in [1.29, 1.82) is 0 Å². The number of aryl methyl sites for hydroxylation is 2. The van der Waals surface area contributed by atoms with E-state index in [1.807, 2.05) is 44.2 Å². The molecule has 0 saturated heterocycles. The van der Waals surface area contributed by atoms with Crippen LogP contribution in [0.1, 0.15) is 24.3 Å². The van der Waals surface area contributed by atoms with Gasteiger partial charge in [0.15, 0.2) is 0 Å². The van der Waals surface area contributed by atoms with Gasteiger partial charge in [0.05, 0.1) is 28.8 Å². The molecule has 26 heavy (non-hydrogen) atoms. The Morgan fingerprint density at radius 2 is 1.96 bits per heavy atom. The first-order chi connectivity index (χ1) is 12.5. The van der Waals surface area contributed by atoms with Gasteiger partial charge in [0.25, 0.3) is 0 Å². The second-order valence-corrected chi connectivity index (χ2v) is 5.98. The molecule has 2 aromatic heterocycles. The van der Waals surface area contributed by atoms with Crippen molar-refractivity contribution < 1.29 is 9.53 Å². The number of nitrogens with one attached hydrogen (secondary N) is 1. The van der Waals surface area contributed by atoms with E-state index >= 15 is 0 Å². The molecule has 3 rings (SSSR count). The molecule has 1 aromatic carbocycles. The van der Waals surface area contributed by atoms with Crippen LogP contribution in [0, 0.1) is 6.92 Å². The summed E-state index contributed by atoms with van der Waals surface area (Å²) in [7, 11) is 1.74. The van der Waals surface area contributed by atoms with Crippen molar-refractivity contribution >= 4 is 17.6 Å². The largest absolute Gasteiger partial charge is 0.441 e. The summed E-state index contributed by atoms with van der Waals surface area (Å²) in [4.78, 5) is 16.8. The fourth-order valence-corrected chi connectivity index (χ4v) is 2.57. The molecule has 3 N–H and O–H groups in total. The summed E-state index contributed by atoms with van der Waals surface area (Å²) >= 11 is 0. The van der Waals surface area contributed by atoms with Crippen molar-refractivity contribution in [2.75, 3.05) is 11.1 Å². The second kappa shape index (κ2) is 7.26. The first-order valence-corrected chi connectivity index (χ1v) is 8.23. The molecule has 3 aromatic rings. The average Bonchev–Trinajstić information content (AvgIpc) is 2.98. The topological polar surface area (TPSA) is 95.1 Å². The molecule has 0 aliphatic heterocycles. The highest BCUT2D eigenvalue weighted by atomic mass is 16.6. The Bertz CT molecular complexity index is 921. The lowest BCUT2D eigenvalue weighted by Crippen LogP contribution is -2.18. The lowest BCUT2D eigenvalue weighted by Gasteiger charge is -2.15. The van der Waals surface area contributed by atoms with Gasteiger partial charge in [-0.1, -0.05) is 30.3 Å². The Hall–Kier alpha value is -3.35. The summed E-state index contributed by atoms with van der Waals surface area (Å²) in [6.07, 6.45) is 0.719. The molecule has 0 saturated carbocycles. The SMILES string of the molecule is Cc1nc(-c2cnn(C)c2NC(=O)O[C@H](C)c2ccccc2)ccc1N. The van der Waals surface area contributed by atoms with Crippen LogP contribution in [0.15, 0.2) is 48.7 Å². The minimum atomic E-state index is -0.557. The molecule has 0 aliphatic rings. The number of hydrogen-bond acceptors (Lipinski definition) is 5. The number of aromatic nitrogens is 3. The van der Waals surface area contributed by atoms with Crippen LogP contribution >= 0.6 is 0 Å². The number of carbonyl (C=O) groups excluding carboxylic acids is 1. The maximum Gasteiger partial charge on any atom is 0.413 e. The van der Waals surface area contributed by atoms with Gasteiger partial charge >= 0.3 is 6.09 Å². The third kappa shape index (κ3) is 3.66. The molecular weight excluding hydrogens is 330 g/mol. The fourth-order valence-electron chi connectivity index (χ4n) is 2.57. The molecule has 1 atom stereocenters. The molecule has 7 nitrogen and oxygen atoms in total. The van der Waals surface area contributed by atoms with Crippen LogP contribution in [0.2, 0.25) is 0 Å². The zero-order chi connectivity index (χ0) is 18.7. The van der Waals surface area contributed by atoms with Crippen LogP contribution in [0.25, 0.3) is 11.3 Å². The number of ether oxygens (including phenoxy) is 1. The number of pyridine rings is 1. The number of nitrogen functional groups attached to an aromatic ring is 1. The third-order valence-electron chi connectivity index (χ3n) is 4.11. The Morgan fingerprint density at radius 3 is 2.65 bits per heavy atom. The molecule has 1 amide bonds. The highest BCUT2D eigenvalue weighted by molar-refractivity contribution is 5.89. The number of amides is 1. The summed E-state index contributed by atoms with van der Waals surface area (Å²) in [6.45, 7) is 3.65. The van der Waals surface area contributed by atoms with Crippen molar-refractivity contribution in [2.45, 2.75) is 20.0 Å². The molecule has 0 radical (unpaired) electrons. The predicted octanol–water partition coefficient (Wildman–Crippen LogP) is 3.68. The first kappa shape index (κ1) is 17.5. The molecule has 0 fully saturated rings. The molecule has 2 heterocycles. The van der Waals surface area contributed by atoms with Gasteiger partial charge in [0, 0.05) is 7.05 Å². The number of rotatable bonds is 4. The number of nitrogens with two attached hydrogens (primary N) is 1. The number of anilines is 2.